The molecular weight excluding hydrogens is 202 g/mol. The van der Waals surface area contributed by atoms with Crippen LogP contribution in [0.2, 0.25) is 0 Å². The van der Waals surface area contributed by atoms with Gasteiger partial charge in [0.2, 0.25) is 0 Å². The van der Waals surface area contributed by atoms with Gasteiger partial charge in [0.05, 0.1) is 6.54 Å². The van der Waals surface area contributed by atoms with Crippen LogP contribution in [0.1, 0.15) is 12.8 Å². The Labute approximate surface area is 95.2 Å². The molecule has 5 heteroatoms. The molecule has 0 bridgehead atoms. The van der Waals surface area contributed by atoms with Crippen LogP contribution in [0.3, 0.4) is 0 Å². The average molecular weight is 219 g/mol. The van der Waals surface area contributed by atoms with Crippen LogP contribution in [0.4, 0.5) is 5.82 Å². The Hall–Kier alpha value is -1.78. The van der Waals surface area contributed by atoms with E-state index in [9.17, 15) is 0 Å². The van der Waals surface area contributed by atoms with Crippen LogP contribution in [0.5, 0.6) is 0 Å². The smallest absolute Gasteiger partial charge is 0.188 e. The third-order valence-electron chi connectivity index (χ3n) is 2.29. The lowest BCUT2D eigenvalue weighted by Crippen LogP contribution is -2.33. The van der Waals surface area contributed by atoms with Gasteiger partial charge in [0.25, 0.3) is 0 Å². The zero-order valence-electron chi connectivity index (χ0n) is 9.19. The summed E-state index contributed by atoms with van der Waals surface area (Å²) in [7, 11) is 0. The molecule has 16 heavy (non-hydrogen) atoms. The summed E-state index contributed by atoms with van der Waals surface area (Å²) in [6.07, 6.45) is 4.18. The van der Waals surface area contributed by atoms with E-state index in [1.54, 1.807) is 6.20 Å². The third-order valence-corrected chi connectivity index (χ3v) is 2.29. The Balaban J connectivity index is 1.64. The number of aromatic nitrogens is 1. The van der Waals surface area contributed by atoms with Gasteiger partial charge in [0.1, 0.15) is 5.82 Å². The topological polar surface area (TPSA) is 75.3 Å². The first-order valence-electron chi connectivity index (χ1n) is 5.56. The first-order chi connectivity index (χ1) is 7.84. The van der Waals surface area contributed by atoms with E-state index in [1.165, 1.54) is 12.8 Å². The summed E-state index contributed by atoms with van der Waals surface area (Å²) in [4.78, 5) is 8.36. The van der Waals surface area contributed by atoms with Gasteiger partial charge in [-0.3, -0.25) is 4.99 Å². The number of anilines is 1. The lowest BCUT2D eigenvalue weighted by atomic mass is 10.4. The number of nitrogens with two attached hydrogens (primary N) is 1. The van der Waals surface area contributed by atoms with Crippen molar-refractivity contribution < 1.29 is 0 Å². The second-order valence-corrected chi connectivity index (χ2v) is 3.83. The maximum absolute atomic E-state index is 5.69. The first kappa shape index (κ1) is 10.7. The number of nitrogens with zero attached hydrogens (tertiary/aromatic N) is 2. The van der Waals surface area contributed by atoms with E-state index in [-0.39, 0.29) is 0 Å². The number of pyridine rings is 1. The number of guanidine groups is 1. The number of hydrogen-bond acceptors (Lipinski definition) is 3. The number of hydrogen-bond donors (Lipinski definition) is 3. The molecule has 1 aliphatic rings. The van der Waals surface area contributed by atoms with Crippen molar-refractivity contribution in [3.8, 4) is 0 Å². The van der Waals surface area contributed by atoms with Crippen molar-refractivity contribution in [3.63, 3.8) is 0 Å². The fraction of sp³-hybridized carbons (Fsp3) is 0.455. The van der Waals surface area contributed by atoms with Gasteiger partial charge in [0, 0.05) is 18.8 Å². The highest BCUT2D eigenvalue weighted by atomic mass is 15.1. The summed E-state index contributed by atoms with van der Waals surface area (Å²) < 4.78 is 0. The predicted molar refractivity (Wildman–Crippen MR) is 65.4 cm³/mol. The Morgan fingerprint density at radius 2 is 2.38 bits per heavy atom. The lowest BCUT2D eigenvalue weighted by molar-refractivity contribution is 0.878. The summed E-state index contributed by atoms with van der Waals surface area (Å²) in [6.45, 7) is 1.40. The van der Waals surface area contributed by atoms with Crippen molar-refractivity contribution >= 4 is 11.8 Å². The van der Waals surface area contributed by atoms with Gasteiger partial charge in [0.15, 0.2) is 5.96 Å². The number of nitrogens with one attached hydrogen (secondary N) is 2. The van der Waals surface area contributed by atoms with E-state index in [1.807, 2.05) is 18.2 Å². The monoisotopic (exact) mass is 219 g/mol. The van der Waals surface area contributed by atoms with E-state index in [0.29, 0.717) is 18.5 Å². The summed E-state index contributed by atoms with van der Waals surface area (Å²) in [6, 6.07) is 6.32. The van der Waals surface area contributed by atoms with Gasteiger partial charge in [-0.1, -0.05) is 6.07 Å². The van der Waals surface area contributed by atoms with Gasteiger partial charge in [-0.15, -0.1) is 0 Å². The minimum Gasteiger partial charge on any atom is -0.370 e. The fourth-order valence-electron chi connectivity index (χ4n) is 1.31. The highest BCUT2D eigenvalue weighted by Crippen LogP contribution is 2.17. The highest BCUT2D eigenvalue weighted by Gasteiger charge is 2.21. The van der Waals surface area contributed by atoms with Crippen LogP contribution >= 0.6 is 0 Å². The average Bonchev–Trinajstić information content (AvgIpc) is 3.10. The lowest BCUT2D eigenvalue weighted by Gasteiger charge is -2.04. The van der Waals surface area contributed by atoms with Crippen molar-refractivity contribution in [3.05, 3.63) is 24.4 Å². The summed E-state index contributed by atoms with van der Waals surface area (Å²) in [5, 5.41) is 6.30. The fourth-order valence-corrected chi connectivity index (χ4v) is 1.31. The van der Waals surface area contributed by atoms with E-state index in [0.717, 1.165) is 12.4 Å². The molecule has 1 aromatic heterocycles. The van der Waals surface area contributed by atoms with Crippen molar-refractivity contribution in [2.45, 2.75) is 18.9 Å². The van der Waals surface area contributed by atoms with Crippen molar-refractivity contribution in [1.29, 1.82) is 0 Å². The second-order valence-electron chi connectivity index (χ2n) is 3.83. The van der Waals surface area contributed by atoms with Crippen LogP contribution in [-0.2, 0) is 0 Å². The molecule has 1 saturated carbocycles. The number of rotatable bonds is 5. The van der Waals surface area contributed by atoms with Crippen LogP contribution in [0.15, 0.2) is 29.4 Å². The molecule has 1 aliphatic carbocycles. The molecule has 86 valence electrons. The van der Waals surface area contributed by atoms with Gasteiger partial charge in [-0.05, 0) is 25.0 Å². The zero-order valence-corrected chi connectivity index (χ0v) is 9.19. The van der Waals surface area contributed by atoms with Crippen LogP contribution in [-0.4, -0.2) is 30.1 Å². The normalized spacial score (nSPS) is 15.9. The van der Waals surface area contributed by atoms with Crippen molar-refractivity contribution in [2.24, 2.45) is 10.7 Å². The summed E-state index contributed by atoms with van der Waals surface area (Å²) in [5.74, 6) is 1.41. The van der Waals surface area contributed by atoms with Gasteiger partial charge < -0.3 is 16.4 Å². The molecule has 2 rings (SSSR count). The zero-order chi connectivity index (χ0) is 11.2. The maximum Gasteiger partial charge on any atom is 0.188 e. The first-order valence-corrected chi connectivity index (χ1v) is 5.56. The largest absolute Gasteiger partial charge is 0.370 e. The molecule has 1 fully saturated rings. The Bertz CT molecular complexity index is 345. The van der Waals surface area contributed by atoms with Crippen molar-refractivity contribution in [1.82, 2.24) is 10.3 Å². The molecule has 0 unspecified atom stereocenters. The maximum atomic E-state index is 5.69. The minimum absolute atomic E-state index is 0.547. The molecule has 0 aliphatic heterocycles. The molecule has 0 radical (unpaired) electrons. The predicted octanol–water partition coefficient (Wildman–Crippen LogP) is 0.560. The highest BCUT2D eigenvalue weighted by molar-refractivity contribution is 5.78. The molecule has 0 saturated heterocycles. The molecule has 0 aromatic carbocycles. The molecular formula is C11H17N5. The molecule has 1 heterocycles. The Kier molecular flexibility index (Phi) is 3.58. The summed E-state index contributed by atoms with van der Waals surface area (Å²) >= 11 is 0. The molecule has 4 N–H and O–H groups in total. The second kappa shape index (κ2) is 5.34. The Morgan fingerprint density at radius 1 is 1.50 bits per heavy atom. The number of aliphatic imine (C=N–C) groups is 1. The van der Waals surface area contributed by atoms with Crippen LogP contribution in [0, 0.1) is 0 Å². The molecule has 0 spiro atoms. The third kappa shape index (κ3) is 3.76. The SMILES string of the molecule is NC(=NCCNc1ccccn1)NC1CC1. The van der Waals surface area contributed by atoms with Crippen LogP contribution < -0.4 is 16.4 Å². The minimum atomic E-state index is 0.547. The summed E-state index contributed by atoms with van der Waals surface area (Å²) in [5.41, 5.74) is 5.69. The molecule has 5 nitrogen and oxygen atoms in total. The standard InChI is InChI=1S/C11H17N5/c12-11(16-9-4-5-9)15-8-7-14-10-3-1-2-6-13-10/h1-3,6,9H,4-5,7-8H2,(H,13,14)(H3,12,15,16). The van der Waals surface area contributed by atoms with Crippen LogP contribution in [0.25, 0.3) is 0 Å². The molecule has 1 aromatic rings. The van der Waals surface area contributed by atoms with E-state index in [2.05, 4.69) is 20.6 Å². The van der Waals surface area contributed by atoms with Gasteiger partial charge >= 0.3 is 0 Å². The van der Waals surface area contributed by atoms with E-state index < -0.39 is 0 Å². The van der Waals surface area contributed by atoms with E-state index in [4.69, 9.17) is 5.73 Å². The van der Waals surface area contributed by atoms with E-state index >= 15 is 0 Å². The Morgan fingerprint density at radius 3 is 3.06 bits per heavy atom. The quantitative estimate of drug-likeness (QED) is 0.384. The van der Waals surface area contributed by atoms with Gasteiger partial charge in [-0.2, -0.15) is 0 Å². The van der Waals surface area contributed by atoms with Crippen molar-refractivity contribution in [2.75, 3.05) is 18.4 Å². The molecule has 0 atom stereocenters. The molecule has 0 amide bonds. The van der Waals surface area contributed by atoms with Gasteiger partial charge in [-0.25, -0.2) is 4.98 Å².